The van der Waals surface area contributed by atoms with Gasteiger partial charge in [0.2, 0.25) is 0 Å². The van der Waals surface area contributed by atoms with Crippen LogP contribution in [0.4, 0.5) is 5.69 Å². The molecule has 164 valence electrons. The van der Waals surface area contributed by atoms with Crippen molar-refractivity contribution in [1.29, 1.82) is 0 Å². The lowest BCUT2D eigenvalue weighted by Gasteiger charge is -2.32. The third-order valence-corrected chi connectivity index (χ3v) is 6.14. The summed E-state index contributed by atoms with van der Waals surface area (Å²) >= 11 is 0. The lowest BCUT2D eigenvalue weighted by Crippen LogP contribution is -2.38. The number of aryl methyl sites for hydroxylation is 1. The second kappa shape index (κ2) is 9.69. The Labute approximate surface area is 189 Å². The quantitative estimate of drug-likeness (QED) is 0.602. The van der Waals surface area contributed by atoms with Crippen molar-refractivity contribution in [1.82, 2.24) is 4.90 Å². The molecular formula is C27H28N2O3. The predicted molar refractivity (Wildman–Crippen MR) is 126 cm³/mol. The number of methoxy groups -OCH3 is 1. The SMILES string of the molecule is COc1ccc(C2CCN(C(=O)c3ccc(C)c(NC(=O)c4ccccc4)c3)CC2)cc1. The molecule has 32 heavy (non-hydrogen) atoms. The van der Waals surface area contributed by atoms with Crippen LogP contribution in [0.2, 0.25) is 0 Å². The fraction of sp³-hybridized carbons (Fsp3) is 0.259. The number of nitrogens with zero attached hydrogens (tertiary/aromatic N) is 1. The second-order valence-corrected chi connectivity index (χ2v) is 8.19. The van der Waals surface area contributed by atoms with Crippen LogP contribution in [0, 0.1) is 6.92 Å². The topological polar surface area (TPSA) is 58.6 Å². The molecule has 4 rings (SSSR count). The van der Waals surface area contributed by atoms with Crippen LogP contribution < -0.4 is 10.1 Å². The molecule has 1 aliphatic heterocycles. The molecule has 2 amide bonds. The van der Waals surface area contributed by atoms with Gasteiger partial charge in [-0.1, -0.05) is 36.4 Å². The fourth-order valence-corrected chi connectivity index (χ4v) is 4.15. The first-order valence-electron chi connectivity index (χ1n) is 11.0. The highest BCUT2D eigenvalue weighted by atomic mass is 16.5. The predicted octanol–water partition coefficient (Wildman–Crippen LogP) is 5.28. The molecule has 1 heterocycles. The molecule has 0 aromatic heterocycles. The van der Waals surface area contributed by atoms with Crippen molar-refractivity contribution in [2.45, 2.75) is 25.7 Å². The number of rotatable bonds is 5. The van der Waals surface area contributed by atoms with Crippen molar-refractivity contribution in [3.8, 4) is 5.75 Å². The molecule has 1 fully saturated rings. The van der Waals surface area contributed by atoms with Crippen LogP contribution in [0.1, 0.15) is 50.6 Å². The summed E-state index contributed by atoms with van der Waals surface area (Å²) in [6.45, 7) is 3.36. The lowest BCUT2D eigenvalue weighted by molar-refractivity contribution is 0.0712. The molecule has 0 unspecified atom stereocenters. The fourth-order valence-electron chi connectivity index (χ4n) is 4.15. The Morgan fingerprint density at radius 1 is 0.906 bits per heavy atom. The molecule has 0 saturated carbocycles. The lowest BCUT2D eigenvalue weighted by atomic mass is 9.89. The Kier molecular flexibility index (Phi) is 6.55. The van der Waals surface area contributed by atoms with Crippen LogP contribution in [0.15, 0.2) is 72.8 Å². The van der Waals surface area contributed by atoms with Crippen LogP contribution in [0.5, 0.6) is 5.75 Å². The molecule has 5 nitrogen and oxygen atoms in total. The van der Waals surface area contributed by atoms with Crippen molar-refractivity contribution in [2.75, 3.05) is 25.5 Å². The van der Waals surface area contributed by atoms with Crippen molar-refractivity contribution in [3.63, 3.8) is 0 Å². The average Bonchev–Trinajstić information content (AvgIpc) is 2.85. The van der Waals surface area contributed by atoms with E-state index in [4.69, 9.17) is 4.74 Å². The summed E-state index contributed by atoms with van der Waals surface area (Å²) in [5, 5.41) is 2.94. The van der Waals surface area contributed by atoms with E-state index >= 15 is 0 Å². The molecular weight excluding hydrogens is 400 g/mol. The van der Waals surface area contributed by atoms with Gasteiger partial charge in [-0.25, -0.2) is 0 Å². The summed E-state index contributed by atoms with van der Waals surface area (Å²) in [6, 6.07) is 22.8. The van der Waals surface area contributed by atoms with Crippen molar-refractivity contribution < 1.29 is 14.3 Å². The molecule has 0 aliphatic carbocycles. The number of likely N-dealkylation sites (tertiary alicyclic amines) is 1. The van der Waals surface area contributed by atoms with Gasteiger partial charge in [0.05, 0.1) is 7.11 Å². The Hall–Kier alpha value is -3.60. The molecule has 3 aromatic carbocycles. The minimum atomic E-state index is -0.182. The highest BCUT2D eigenvalue weighted by Gasteiger charge is 2.25. The summed E-state index contributed by atoms with van der Waals surface area (Å²) < 4.78 is 5.24. The molecule has 1 saturated heterocycles. The zero-order valence-corrected chi connectivity index (χ0v) is 18.5. The molecule has 0 radical (unpaired) electrons. The van der Waals surface area contributed by atoms with Gasteiger partial charge < -0.3 is 15.0 Å². The molecule has 0 spiro atoms. The van der Waals surface area contributed by atoms with E-state index in [1.165, 1.54) is 5.56 Å². The number of hydrogen-bond donors (Lipinski definition) is 1. The minimum absolute atomic E-state index is 0.00777. The molecule has 0 atom stereocenters. The monoisotopic (exact) mass is 428 g/mol. The maximum absolute atomic E-state index is 13.1. The molecule has 5 heteroatoms. The smallest absolute Gasteiger partial charge is 0.255 e. The summed E-state index contributed by atoms with van der Waals surface area (Å²) in [5.41, 5.74) is 4.06. The number of hydrogen-bond acceptors (Lipinski definition) is 3. The van der Waals surface area contributed by atoms with E-state index in [1.54, 1.807) is 25.3 Å². The van der Waals surface area contributed by atoms with Gasteiger partial charge in [0.1, 0.15) is 5.75 Å². The number of anilines is 1. The third-order valence-electron chi connectivity index (χ3n) is 6.14. The highest BCUT2D eigenvalue weighted by molar-refractivity contribution is 6.05. The van der Waals surface area contributed by atoms with Crippen LogP contribution >= 0.6 is 0 Å². The van der Waals surface area contributed by atoms with E-state index in [0.29, 0.717) is 22.7 Å². The zero-order valence-electron chi connectivity index (χ0n) is 18.5. The van der Waals surface area contributed by atoms with Crippen molar-refractivity contribution >= 4 is 17.5 Å². The number of benzene rings is 3. The minimum Gasteiger partial charge on any atom is -0.497 e. The van der Waals surface area contributed by atoms with E-state index in [-0.39, 0.29) is 11.8 Å². The summed E-state index contributed by atoms with van der Waals surface area (Å²) in [5.74, 6) is 1.13. The van der Waals surface area contributed by atoms with Gasteiger partial charge in [0.25, 0.3) is 11.8 Å². The number of carbonyl (C=O) groups excluding carboxylic acids is 2. The van der Waals surface area contributed by atoms with E-state index in [1.807, 2.05) is 54.3 Å². The first-order valence-corrected chi connectivity index (χ1v) is 11.0. The molecule has 0 bridgehead atoms. The summed E-state index contributed by atoms with van der Waals surface area (Å²) in [6.07, 6.45) is 1.86. The van der Waals surface area contributed by atoms with E-state index in [0.717, 1.165) is 37.2 Å². The molecule has 1 aliphatic rings. The normalized spacial score (nSPS) is 14.1. The van der Waals surface area contributed by atoms with Gasteiger partial charge in [-0.2, -0.15) is 0 Å². The summed E-state index contributed by atoms with van der Waals surface area (Å²) in [7, 11) is 1.67. The van der Waals surface area contributed by atoms with Gasteiger partial charge >= 0.3 is 0 Å². The maximum atomic E-state index is 13.1. The Morgan fingerprint density at radius 3 is 2.25 bits per heavy atom. The third kappa shape index (κ3) is 4.83. The standard InChI is InChI=1S/C27H28N2O3/c1-19-8-9-23(18-25(19)28-26(30)22-6-4-3-5-7-22)27(31)29-16-14-21(15-17-29)20-10-12-24(32-2)13-11-20/h3-13,18,21H,14-17H2,1-2H3,(H,28,30). The van der Waals surface area contributed by atoms with Crippen molar-refractivity contribution in [3.05, 3.63) is 95.1 Å². The number of ether oxygens (including phenoxy) is 1. The van der Waals surface area contributed by atoms with Crippen LogP contribution in [-0.4, -0.2) is 36.9 Å². The Bertz CT molecular complexity index is 1090. The van der Waals surface area contributed by atoms with Gasteiger partial charge in [-0.05, 0) is 73.2 Å². The van der Waals surface area contributed by atoms with Gasteiger partial charge in [-0.3, -0.25) is 9.59 Å². The number of nitrogens with one attached hydrogen (secondary N) is 1. The maximum Gasteiger partial charge on any atom is 0.255 e. The Balaban J connectivity index is 1.41. The molecule has 1 N–H and O–H groups in total. The van der Waals surface area contributed by atoms with Crippen molar-refractivity contribution in [2.24, 2.45) is 0 Å². The first-order chi connectivity index (χ1) is 15.5. The van der Waals surface area contributed by atoms with Crippen LogP contribution in [-0.2, 0) is 0 Å². The highest BCUT2D eigenvalue weighted by Crippen LogP contribution is 2.30. The largest absolute Gasteiger partial charge is 0.497 e. The van der Waals surface area contributed by atoms with Crippen LogP contribution in [0.25, 0.3) is 0 Å². The van der Waals surface area contributed by atoms with Gasteiger partial charge in [0.15, 0.2) is 0 Å². The Morgan fingerprint density at radius 2 is 1.59 bits per heavy atom. The second-order valence-electron chi connectivity index (χ2n) is 8.19. The number of carbonyl (C=O) groups is 2. The number of amides is 2. The average molecular weight is 429 g/mol. The number of piperidine rings is 1. The van der Waals surface area contributed by atoms with E-state index in [9.17, 15) is 9.59 Å². The van der Waals surface area contributed by atoms with Crippen LogP contribution in [0.3, 0.4) is 0 Å². The summed E-state index contributed by atoms with van der Waals surface area (Å²) in [4.78, 5) is 27.6. The van der Waals surface area contributed by atoms with Gasteiger partial charge in [0, 0.05) is 29.9 Å². The van der Waals surface area contributed by atoms with E-state index < -0.39 is 0 Å². The molecule has 3 aromatic rings. The van der Waals surface area contributed by atoms with E-state index in [2.05, 4.69) is 17.4 Å². The zero-order chi connectivity index (χ0) is 22.5. The van der Waals surface area contributed by atoms with Gasteiger partial charge in [-0.15, -0.1) is 0 Å². The first kappa shape index (κ1) is 21.6.